The third-order valence-electron chi connectivity index (χ3n) is 2.62. The fourth-order valence-corrected chi connectivity index (χ4v) is 1.84. The van der Waals surface area contributed by atoms with Gasteiger partial charge in [-0.25, -0.2) is 0 Å². The summed E-state index contributed by atoms with van der Waals surface area (Å²) in [5, 5.41) is 3.23. The molecular formula is C11H15N. The SMILES string of the molecule is CNC[C@@H]1C[C@@H]1c1ccccc1. The minimum Gasteiger partial charge on any atom is -0.319 e. The quantitative estimate of drug-likeness (QED) is 0.715. The van der Waals surface area contributed by atoms with Crippen molar-refractivity contribution in [1.29, 1.82) is 0 Å². The molecule has 2 atom stereocenters. The second-order valence-electron chi connectivity index (χ2n) is 3.57. The van der Waals surface area contributed by atoms with Gasteiger partial charge in [0, 0.05) is 0 Å². The molecule has 1 saturated carbocycles. The van der Waals surface area contributed by atoms with E-state index >= 15 is 0 Å². The first-order chi connectivity index (χ1) is 5.92. The molecule has 0 amide bonds. The molecule has 0 unspecified atom stereocenters. The number of hydrogen-bond donors (Lipinski definition) is 1. The van der Waals surface area contributed by atoms with Crippen LogP contribution in [0.15, 0.2) is 30.3 Å². The van der Waals surface area contributed by atoms with Crippen molar-refractivity contribution in [3.63, 3.8) is 0 Å². The van der Waals surface area contributed by atoms with Gasteiger partial charge in [0.05, 0.1) is 0 Å². The Morgan fingerprint density at radius 2 is 2.08 bits per heavy atom. The summed E-state index contributed by atoms with van der Waals surface area (Å²) in [5.74, 6) is 1.72. The van der Waals surface area contributed by atoms with Crippen LogP contribution in [0.1, 0.15) is 17.9 Å². The Balaban J connectivity index is 1.97. The molecule has 0 saturated heterocycles. The molecule has 1 aliphatic rings. The van der Waals surface area contributed by atoms with Crippen molar-refractivity contribution in [2.24, 2.45) is 5.92 Å². The maximum absolute atomic E-state index is 3.23. The summed E-state index contributed by atoms with van der Waals surface area (Å²) in [4.78, 5) is 0. The topological polar surface area (TPSA) is 12.0 Å². The Morgan fingerprint density at radius 3 is 2.75 bits per heavy atom. The largest absolute Gasteiger partial charge is 0.319 e. The monoisotopic (exact) mass is 161 g/mol. The van der Waals surface area contributed by atoms with E-state index in [4.69, 9.17) is 0 Å². The highest BCUT2D eigenvalue weighted by molar-refractivity contribution is 5.25. The van der Waals surface area contributed by atoms with Crippen LogP contribution < -0.4 is 5.32 Å². The summed E-state index contributed by atoms with van der Waals surface area (Å²) >= 11 is 0. The Bertz CT molecular complexity index is 242. The second kappa shape index (κ2) is 3.28. The molecule has 0 spiro atoms. The van der Waals surface area contributed by atoms with E-state index in [-0.39, 0.29) is 0 Å². The maximum Gasteiger partial charge on any atom is -0.00175 e. The van der Waals surface area contributed by atoms with E-state index in [9.17, 15) is 0 Å². The first-order valence-corrected chi connectivity index (χ1v) is 4.61. The van der Waals surface area contributed by atoms with Crippen LogP contribution in [-0.4, -0.2) is 13.6 Å². The lowest BCUT2D eigenvalue weighted by Gasteiger charge is -1.98. The molecule has 0 radical (unpaired) electrons. The number of hydrogen-bond acceptors (Lipinski definition) is 1. The average molecular weight is 161 g/mol. The first-order valence-electron chi connectivity index (χ1n) is 4.61. The predicted molar refractivity (Wildman–Crippen MR) is 51.2 cm³/mol. The van der Waals surface area contributed by atoms with Crippen LogP contribution in [0.25, 0.3) is 0 Å². The Kier molecular flexibility index (Phi) is 2.13. The van der Waals surface area contributed by atoms with Crippen molar-refractivity contribution in [2.75, 3.05) is 13.6 Å². The fraction of sp³-hybridized carbons (Fsp3) is 0.455. The standard InChI is InChI=1S/C11H15N/c1-12-8-10-7-11(10)9-5-3-2-4-6-9/h2-6,10-12H,7-8H2,1H3/t10-,11+/m0/s1. The van der Waals surface area contributed by atoms with Crippen molar-refractivity contribution >= 4 is 0 Å². The normalized spacial score (nSPS) is 27.1. The smallest absolute Gasteiger partial charge is 0.00175 e. The molecule has 1 N–H and O–H groups in total. The lowest BCUT2D eigenvalue weighted by atomic mass is 10.1. The third-order valence-corrected chi connectivity index (χ3v) is 2.62. The molecule has 0 aliphatic heterocycles. The minimum absolute atomic E-state index is 0.832. The molecule has 1 aromatic carbocycles. The van der Waals surface area contributed by atoms with Crippen LogP contribution >= 0.6 is 0 Å². The van der Waals surface area contributed by atoms with Gasteiger partial charge in [0.2, 0.25) is 0 Å². The molecule has 1 aliphatic carbocycles. The molecule has 1 heteroatoms. The molecule has 12 heavy (non-hydrogen) atoms. The lowest BCUT2D eigenvalue weighted by molar-refractivity contribution is 0.698. The van der Waals surface area contributed by atoms with Gasteiger partial charge in [0.15, 0.2) is 0 Å². The highest BCUT2D eigenvalue weighted by atomic mass is 14.8. The van der Waals surface area contributed by atoms with Gasteiger partial charge < -0.3 is 5.32 Å². The highest BCUT2D eigenvalue weighted by Gasteiger charge is 2.36. The molecular weight excluding hydrogens is 146 g/mol. The van der Waals surface area contributed by atoms with Gasteiger partial charge in [0.25, 0.3) is 0 Å². The van der Waals surface area contributed by atoms with E-state index in [0.29, 0.717) is 0 Å². The van der Waals surface area contributed by atoms with Gasteiger partial charge >= 0.3 is 0 Å². The third kappa shape index (κ3) is 1.51. The predicted octanol–water partition coefficient (Wildman–Crippen LogP) is 2.01. The van der Waals surface area contributed by atoms with Crippen molar-refractivity contribution in [2.45, 2.75) is 12.3 Å². The fourth-order valence-electron chi connectivity index (χ4n) is 1.84. The molecule has 1 nitrogen and oxygen atoms in total. The summed E-state index contributed by atoms with van der Waals surface area (Å²) in [6.07, 6.45) is 1.37. The van der Waals surface area contributed by atoms with Crippen LogP contribution in [0.2, 0.25) is 0 Å². The molecule has 2 rings (SSSR count). The zero-order valence-electron chi connectivity index (χ0n) is 7.46. The Labute approximate surface area is 73.8 Å². The maximum atomic E-state index is 3.23. The van der Waals surface area contributed by atoms with Crippen LogP contribution in [0.4, 0.5) is 0 Å². The summed E-state index contributed by atoms with van der Waals surface area (Å²) < 4.78 is 0. The molecule has 1 fully saturated rings. The van der Waals surface area contributed by atoms with Gasteiger partial charge in [-0.05, 0) is 37.4 Å². The van der Waals surface area contributed by atoms with Gasteiger partial charge in [-0.1, -0.05) is 30.3 Å². The van der Waals surface area contributed by atoms with E-state index in [1.807, 2.05) is 7.05 Å². The zero-order valence-corrected chi connectivity index (χ0v) is 7.46. The van der Waals surface area contributed by atoms with Gasteiger partial charge in [-0.3, -0.25) is 0 Å². The van der Waals surface area contributed by atoms with Crippen molar-refractivity contribution in [1.82, 2.24) is 5.32 Å². The zero-order chi connectivity index (χ0) is 8.39. The number of nitrogens with one attached hydrogen (secondary N) is 1. The second-order valence-corrected chi connectivity index (χ2v) is 3.57. The van der Waals surface area contributed by atoms with Gasteiger partial charge in [-0.15, -0.1) is 0 Å². The molecule has 0 aromatic heterocycles. The molecule has 0 bridgehead atoms. The summed E-state index contributed by atoms with van der Waals surface area (Å²) in [6, 6.07) is 10.8. The average Bonchev–Trinajstić information content (AvgIpc) is 2.87. The van der Waals surface area contributed by atoms with E-state index in [1.165, 1.54) is 18.5 Å². The van der Waals surface area contributed by atoms with Crippen LogP contribution in [-0.2, 0) is 0 Å². The van der Waals surface area contributed by atoms with Crippen LogP contribution in [0.3, 0.4) is 0 Å². The van der Waals surface area contributed by atoms with Crippen LogP contribution in [0, 0.1) is 5.92 Å². The van der Waals surface area contributed by atoms with E-state index in [2.05, 4.69) is 35.6 Å². The lowest BCUT2D eigenvalue weighted by Crippen LogP contribution is -2.10. The Hall–Kier alpha value is -0.820. The van der Waals surface area contributed by atoms with Gasteiger partial charge in [-0.2, -0.15) is 0 Å². The number of rotatable bonds is 3. The van der Waals surface area contributed by atoms with Crippen molar-refractivity contribution < 1.29 is 0 Å². The number of benzene rings is 1. The van der Waals surface area contributed by atoms with Crippen molar-refractivity contribution in [3.8, 4) is 0 Å². The van der Waals surface area contributed by atoms with E-state index < -0.39 is 0 Å². The van der Waals surface area contributed by atoms with Crippen LogP contribution in [0.5, 0.6) is 0 Å². The van der Waals surface area contributed by atoms with Crippen molar-refractivity contribution in [3.05, 3.63) is 35.9 Å². The first kappa shape index (κ1) is 7.81. The van der Waals surface area contributed by atoms with Gasteiger partial charge in [0.1, 0.15) is 0 Å². The summed E-state index contributed by atoms with van der Waals surface area (Å²) in [6.45, 7) is 1.17. The molecule has 64 valence electrons. The van der Waals surface area contributed by atoms with E-state index in [0.717, 1.165) is 11.8 Å². The summed E-state index contributed by atoms with van der Waals surface area (Å²) in [7, 11) is 2.03. The molecule has 1 aromatic rings. The highest BCUT2D eigenvalue weighted by Crippen LogP contribution is 2.46. The minimum atomic E-state index is 0.832. The van der Waals surface area contributed by atoms with E-state index in [1.54, 1.807) is 0 Å². The molecule has 0 heterocycles. The Morgan fingerprint density at radius 1 is 1.33 bits per heavy atom. The summed E-state index contributed by atoms with van der Waals surface area (Å²) in [5.41, 5.74) is 1.51.